The van der Waals surface area contributed by atoms with Gasteiger partial charge in [0.05, 0.1) is 5.69 Å². The van der Waals surface area contributed by atoms with Crippen LogP contribution in [0.3, 0.4) is 0 Å². The van der Waals surface area contributed by atoms with Gasteiger partial charge in [-0.3, -0.25) is 19.3 Å². The van der Waals surface area contributed by atoms with Gasteiger partial charge in [-0.05, 0) is 49.5 Å². The largest absolute Gasteiger partial charge is 0.395 e. The number of halogens is 1. The first-order valence-electron chi connectivity index (χ1n) is 9.24. The van der Waals surface area contributed by atoms with E-state index in [1.165, 1.54) is 18.2 Å². The first-order chi connectivity index (χ1) is 13.8. The second-order valence-electron chi connectivity index (χ2n) is 6.96. The maximum Gasteiger partial charge on any atom is 0.272 e. The predicted octanol–water partition coefficient (Wildman–Crippen LogP) is 2.06. The summed E-state index contributed by atoms with van der Waals surface area (Å²) in [7, 11) is 0. The van der Waals surface area contributed by atoms with Crippen molar-refractivity contribution in [3.05, 3.63) is 40.7 Å². The molecule has 1 aromatic carbocycles. The zero-order valence-corrected chi connectivity index (χ0v) is 16.7. The van der Waals surface area contributed by atoms with Gasteiger partial charge in [0.15, 0.2) is 5.69 Å². The molecule has 0 radical (unpaired) electrons. The van der Waals surface area contributed by atoms with Crippen LogP contribution in [0, 0.1) is 5.82 Å². The van der Waals surface area contributed by atoms with Crippen LogP contribution in [0.4, 0.5) is 15.8 Å². The minimum absolute atomic E-state index is 0.0384. The summed E-state index contributed by atoms with van der Waals surface area (Å²) in [4.78, 5) is 38.6. The third-order valence-corrected chi connectivity index (χ3v) is 5.78. The number of hydrogen-bond donors (Lipinski definition) is 3. The Labute approximate surface area is 171 Å². The molecule has 0 unspecified atom stereocenters. The number of nitrogens with zero attached hydrogens (tertiary/aromatic N) is 2. The summed E-state index contributed by atoms with van der Waals surface area (Å²) in [6.07, 6.45) is 3.85. The Bertz CT molecular complexity index is 942. The minimum atomic E-state index is -0.941. The van der Waals surface area contributed by atoms with E-state index < -0.39 is 23.7 Å². The fourth-order valence-corrected chi connectivity index (χ4v) is 4.13. The molecule has 3 rings (SSSR count). The molecule has 0 aliphatic heterocycles. The second-order valence-corrected chi connectivity index (χ2v) is 7.73. The van der Waals surface area contributed by atoms with Crippen LogP contribution in [0.5, 0.6) is 0 Å². The van der Waals surface area contributed by atoms with Gasteiger partial charge in [0.1, 0.15) is 16.7 Å². The number of amides is 3. The Morgan fingerprint density at radius 1 is 1.31 bits per heavy atom. The highest BCUT2D eigenvalue weighted by Gasteiger charge is 2.33. The third kappa shape index (κ3) is 4.37. The summed E-state index contributed by atoms with van der Waals surface area (Å²) in [5, 5.41) is 2.94. The molecule has 0 bridgehead atoms. The number of nitrogens with one attached hydrogen (secondary N) is 1. The molecule has 10 heteroatoms. The van der Waals surface area contributed by atoms with Crippen LogP contribution in [0.1, 0.15) is 52.8 Å². The smallest absolute Gasteiger partial charge is 0.272 e. The molecular weight excluding hydrogens is 397 g/mol. The summed E-state index contributed by atoms with van der Waals surface area (Å²) in [5.74, 6) is -2.43. The Morgan fingerprint density at radius 3 is 2.59 bits per heavy atom. The van der Waals surface area contributed by atoms with Crippen molar-refractivity contribution < 1.29 is 18.8 Å². The van der Waals surface area contributed by atoms with Gasteiger partial charge < -0.3 is 16.8 Å². The molecule has 1 aliphatic carbocycles. The third-order valence-electron chi connectivity index (χ3n) is 4.93. The molecule has 1 heterocycles. The molecule has 29 heavy (non-hydrogen) atoms. The average molecular weight is 419 g/mol. The fourth-order valence-electron chi connectivity index (χ4n) is 3.39. The lowest BCUT2D eigenvalue weighted by Crippen LogP contribution is -2.50. The van der Waals surface area contributed by atoms with E-state index in [1.807, 2.05) is 0 Å². The number of carbonyl (C=O) groups is 3. The highest BCUT2D eigenvalue weighted by Crippen LogP contribution is 2.28. The fraction of sp³-hybridized carbons (Fsp3) is 0.368. The number of rotatable bonds is 6. The van der Waals surface area contributed by atoms with Crippen molar-refractivity contribution in [1.82, 2.24) is 9.69 Å². The zero-order chi connectivity index (χ0) is 21.1. The van der Waals surface area contributed by atoms with Crippen molar-refractivity contribution in [2.45, 2.75) is 44.7 Å². The first-order valence-corrected chi connectivity index (χ1v) is 10.0. The lowest BCUT2D eigenvalue weighted by molar-refractivity contribution is -0.122. The maximum absolute atomic E-state index is 13.8. The number of hydrogen-bond acceptors (Lipinski definition) is 6. The Balaban J connectivity index is 1.95. The predicted molar refractivity (Wildman–Crippen MR) is 108 cm³/mol. The Hall–Kier alpha value is -3.01. The van der Waals surface area contributed by atoms with Crippen molar-refractivity contribution in [2.75, 3.05) is 10.6 Å². The maximum atomic E-state index is 13.8. The lowest BCUT2D eigenvalue weighted by atomic mass is 10.1. The van der Waals surface area contributed by atoms with E-state index in [2.05, 4.69) is 9.69 Å². The van der Waals surface area contributed by atoms with Crippen LogP contribution in [0.25, 0.3) is 0 Å². The summed E-state index contributed by atoms with van der Waals surface area (Å²) in [5.41, 5.74) is 10.9. The molecule has 3 amide bonds. The highest BCUT2D eigenvalue weighted by atomic mass is 32.1. The zero-order valence-electron chi connectivity index (χ0n) is 15.9. The normalized spacial score (nSPS) is 15.1. The van der Waals surface area contributed by atoms with Crippen LogP contribution in [0.15, 0.2) is 24.3 Å². The molecule has 1 fully saturated rings. The summed E-state index contributed by atoms with van der Waals surface area (Å²) < 4.78 is 17.7. The van der Waals surface area contributed by atoms with Gasteiger partial charge in [-0.2, -0.15) is 4.37 Å². The van der Waals surface area contributed by atoms with Crippen molar-refractivity contribution in [1.29, 1.82) is 0 Å². The number of nitrogens with two attached hydrogens (primary N) is 2. The van der Waals surface area contributed by atoms with Crippen LogP contribution >= 0.6 is 11.5 Å². The van der Waals surface area contributed by atoms with Crippen molar-refractivity contribution in [3.63, 3.8) is 0 Å². The standard InChI is InChI=1S/C19H22FN5O3S/c1-10(18(27)23-12-6-2-3-7-12)25(13-8-4-5-11(20)9-13)19(28)16-14(21)15(17(22)26)24-29-16/h4-5,8-10,12H,2-3,6-7,21H2,1H3,(H2,22,26)(H,23,27)/t10-/m1/s1. The SMILES string of the molecule is C[C@H](C(=O)NC1CCCC1)N(C(=O)c1snc(C(N)=O)c1N)c1cccc(F)c1. The van der Waals surface area contributed by atoms with Gasteiger partial charge in [-0.25, -0.2) is 4.39 Å². The molecule has 0 saturated heterocycles. The van der Waals surface area contributed by atoms with E-state index in [0.29, 0.717) is 11.5 Å². The molecule has 1 saturated carbocycles. The van der Waals surface area contributed by atoms with Crippen LogP contribution in [-0.4, -0.2) is 34.2 Å². The van der Waals surface area contributed by atoms with Gasteiger partial charge in [-0.1, -0.05) is 18.9 Å². The summed E-state index contributed by atoms with van der Waals surface area (Å²) in [6.45, 7) is 1.55. The van der Waals surface area contributed by atoms with Gasteiger partial charge in [0.25, 0.3) is 11.8 Å². The Morgan fingerprint density at radius 2 is 2.00 bits per heavy atom. The first kappa shape index (κ1) is 20.7. The quantitative estimate of drug-likeness (QED) is 0.659. The van der Waals surface area contributed by atoms with Crippen molar-refractivity contribution in [2.24, 2.45) is 5.73 Å². The topological polar surface area (TPSA) is 131 Å². The van der Waals surface area contributed by atoms with Gasteiger partial charge in [-0.15, -0.1) is 0 Å². The molecule has 5 N–H and O–H groups in total. The van der Waals surface area contributed by atoms with E-state index in [4.69, 9.17) is 11.5 Å². The van der Waals surface area contributed by atoms with E-state index in [1.54, 1.807) is 6.92 Å². The molecule has 154 valence electrons. The highest BCUT2D eigenvalue weighted by molar-refractivity contribution is 7.09. The number of nitrogen functional groups attached to an aromatic ring is 1. The molecule has 1 aliphatic rings. The van der Waals surface area contributed by atoms with Crippen LogP contribution < -0.4 is 21.7 Å². The molecule has 1 aromatic heterocycles. The van der Waals surface area contributed by atoms with E-state index in [-0.39, 0.29) is 33.9 Å². The van der Waals surface area contributed by atoms with Gasteiger partial charge >= 0.3 is 0 Å². The Kier molecular flexibility index (Phi) is 6.12. The lowest BCUT2D eigenvalue weighted by Gasteiger charge is -2.29. The van der Waals surface area contributed by atoms with E-state index >= 15 is 0 Å². The monoisotopic (exact) mass is 419 g/mol. The van der Waals surface area contributed by atoms with Crippen molar-refractivity contribution >= 4 is 40.6 Å². The molecular formula is C19H22FN5O3S. The van der Waals surface area contributed by atoms with Crippen LogP contribution in [0.2, 0.25) is 0 Å². The molecule has 2 aromatic rings. The number of benzene rings is 1. The number of primary amides is 1. The molecule has 1 atom stereocenters. The number of carbonyl (C=O) groups excluding carboxylic acids is 3. The van der Waals surface area contributed by atoms with E-state index in [9.17, 15) is 18.8 Å². The summed E-state index contributed by atoms with van der Waals surface area (Å²) >= 11 is 0.709. The second kappa shape index (κ2) is 8.56. The van der Waals surface area contributed by atoms with Gasteiger partial charge in [0, 0.05) is 11.7 Å². The van der Waals surface area contributed by atoms with Crippen LogP contribution in [-0.2, 0) is 4.79 Å². The molecule has 0 spiro atoms. The minimum Gasteiger partial charge on any atom is -0.395 e. The van der Waals surface area contributed by atoms with Crippen molar-refractivity contribution in [3.8, 4) is 0 Å². The average Bonchev–Trinajstić information content (AvgIpc) is 3.31. The summed E-state index contributed by atoms with van der Waals surface area (Å²) in [6, 6.07) is 4.47. The van der Waals surface area contributed by atoms with E-state index in [0.717, 1.165) is 36.6 Å². The number of aromatic nitrogens is 1. The molecule has 8 nitrogen and oxygen atoms in total. The van der Waals surface area contributed by atoms with Gasteiger partial charge in [0.2, 0.25) is 5.91 Å². The number of anilines is 2.